The van der Waals surface area contributed by atoms with E-state index in [9.17, 15) is 14.7 Å². The zero-order valence-electron chi connectivity index (χ0n) is 16.7. The van der Waals surface area contributed by atoms with Crippen molar-refractivity contribution >= 4 is 11.9 Å². The summed E-state index contributed by atoms with van der Waals surface area (Å²) in [6.45, 7) is 12.8. The lowest BCUT2D eigenvalue weighted by Gasteiger charge is -2.32. The third kappa shape index (κ3) is 7.32. The van der Waals surface area contributed by atoms with Crippen LogP contribution in [-0.2, 0) is 14.3 Å². The molecule has 0 spiro atoms. The van der Waals surface area contributed by atoms with E-state index in [1.807, 2.05) is 27.7 Å². The van der Waals surface area contributed by atoms with Gasteiger partial charge < -0.3 is 15.2 Å². The smallest absolute Gasteiger partial charge is 0.323 e. The molecule has 0 aliphatic carbocycles. The number of nitrogens with zero attached hydrogens (tertiary/aromatic N) is 1. The number of amides is 1. The zero-order valence-corrected chi connectivity index (χ0v) is 16.7. The molecule has 0 bridgehead atoms. The Balaban J connectivity index is 2.84. The van der Waals surface area contributed by atoms with Gasteiger partial charge in [-0.05, 0) is 52.4 Å². The van der Waals surface area contributed by atoms with Crippen molar-refractivity contribution in [2.75, 3.05) is 19.7 Å². The van der Waals surface area contributed by atoms with E-state index in [1.165, 1.54) is 6.92 Å². The van der Waals surface area contributed by atoms with Crippen molar-refractivity contribution in [1.82, 2.24) is 10.2 Å². The number of nitrogens with one attached hydrogen (secondary N) is 1. The Morgan fingerprint density at radius 3 is 2.48 bits per heavy atom. The third-order valence-electron chi connectivity index (χ3n) is 4.69. The van der Waals surface area contributed by atoms with Gasteiger partial charge in [0.15, 0.2) is 0 Å². The van der Waals surface area contributed by atoms with Crippen molar-refractivity contribution in [1.29, 1.82) is 0 Å². The Bertz CT molecular complexity index is 447. The van der Waals surface area contributed by atoms with Gasteiger partial charge in [0.2, 0.25) is 5.91 Å². The van der Waals surface area contributed by atoms with Gasteiger partial charge in [-0.1, -0.05) is 13.3 Å². The minimum absolute atomic E-state index is 0.0352. The number of carbonyl (C=O) groups excluding carboxylic acids is 2. The quantitative estimate of drug-likeness (QED) is 0.650. The normalized spacial score (nSPS) is 24.0. The molecule has 25 heavy (non-hydrogen) atoms. The van der Waals surface area contributed by atoms with Crippen LogP contribution in [0.1, 0.15) is 60.8 Å². The molecule has 1 amide bonds. The van der Waals surface area contributed by atoms with E-state index in [0.717, 1.165) is 19.4 Å². The van der Waals surface area contributed by atoms with E-state index in [2.05, 4.69) is 17.1 Å². The predicted octanol–water partition coefficient (Wildman–Crippen LogP) is 1.95. The van der Waals surface area contributed by atoms with Crippen LogP contribution in [0.5, 0.6) is 0 Å². The monoisotopic (exact) mass is 356 g/mol. The summed E-state index contributed by atoms with van der Waals surface area (Å²) >= 11 is 0. The number of aliphatic hydroxyl groups is 1. The number of hydrogen-bond acceptors (Lipinski definition) is 5. The van der Waals surface area contributed by atoms with Crippen LogP contribution in [0.4, 0.5) is 0 Å². The van der Waals surface area contributed by atoms with Crippen LogP contribution in [0.15, 0.2) is 0 Å². The Kier molecular flexibility index (Phi) is 8.35. The second-order valence-electron chi connectivity index (χ2n) is 8.33. The number of likely N-dealkylation sites (tertiary alicyclic amines) is 1. The average Bonchev–Trinajstić information content (AvgIpc) is 2.87. The molecule has 6 heteroatoms. The first-order valence-corrected chi connectivity index (χ1v) is 9.42. The Morgan fingerprint density at radius 1 is 1.36 bits per heavy atom. The van der Waals surface area contributed by atoms with Crippen LogP contribution < -0.4 is 5.32 Å². The van der Waals surface area contributed by atoms with E-state index in [1.54, 1.807) is 0 Å². The van der Waals surface area contributed by atoms with Gasteiger partial charge in [0.1, 0.15) is 11.6 Å². The lowest BCUT2D eigenvalue weighted by atomic mass is 9.95. The highest BCUT2D eigenvalue weighted by Gasteiger charge is 2.40. The molecule has 0 aromatic carbocycles. The first-order valence-electron chi connectivity index (χ1n) is 9.42. The topological polar surface area (TPSA) is 78.9 Å². The second kappa shape index (κ2) is 9.53. The standard InChI is InChI=1S/C19H36N2O4/c1-7-8-16(13(2)20-14(3)23)11-21-10-15(12-22)9-17(21)18(24)25-19(4,5)6/h13,15-17,22H,7-12H2,1-6H3,(H,20,23)/t13?,15?,16-,17?/m0/s1. The molecule has 4 atom stereocenters. The molecule has 2 N–H and O–H groups in total. The molecular weight excluding hydrogens is 320 g/mol. The van der Waals surface area contributed by atoms with Crippen LogP contribution in [0, 0.1) is 11.8 Å². The van der Waals surface area contributed by atoms with Crippen LogP contribution in [0.25, 0.3) is 0 Å². The number of carbonyl (C=O) groups is 2. The highest BCUT2D eigenvalue weighted by Crippen LogP contribution is 2.28. The molecule has 1 heterocycles. The highest BCUT2D eigenvalue weighted by atomic mass is 16.6. The number of esters is 1. The fraction of sp³-hybridized carbons (Fsp3) is 0.895. The molecule has 6 nitrogen and oxygen atoms in total. The maximum Gasteiger partial charge on any atom is 0.323 e. The number of rotatable bonds is 8. The second-order valence-corrected chi connectivity index (χ2v) is 8.33. The summed E-state index contributed by atoms with van der Waals surface area (Å²) in [6, 6.07) is -0.273. The first-order chi connectivity index (χ1) is 11.6. The van der Waals surface area contributed by atoms with Gasteiger partial charge in [-0.15, -0.1) is 0 Å². The van der Waals surface area contributed by atoms with Crippen LogP contribution in [-0.4, -0.2) is 59.3 Å². The molecule has 3 unspecified atom stereocenters. The molecule has 1 saturated heterocycles. The number of ether oxygens (including phenoxy) is 1. The minimum atomic E-state index is -0.521. The summed E-state index contributed by atoms with van der Waals surface area (Å²) in [4.78, 5) is 26.1. The van der Waals surface area contributed by atoms with E-state index >= 15 is 0 Å². The summed E-state index contributed by atoms with van der Waals surface area (Å²) in [6.07, 6.45) is 2.62. The number of hydrogen-bond donors (Lipinski definition) is 2. The highest BCUT2D eigenvalue weighted by molar-refractivity contribution is 5.76. The predicted molar refractivity (Wildman–Crippen MR) is 98.1 cm³/mol. The van der Waals surface area contributed by atoms with Gasteiger partial charge >= 0.3 is 5.97 Å². The largest absolute Gasteiger partial charge is 0.459 e. The Hall–Kier alpha value is -1.14. The van der Waals surface area contributed by atoms with Gasteiger partial charge in [-0.25, -0.2) is 0 Å². The lowest BCUT2D eigenvalue weighted by Crippen LogP contribution is -2.46. The Labute approximate surface area is 152 Å². The van der Waals surface area contributed by atoms with E-state index in [0.29, 0.717) is 13.0 Å². The van der Waals surface area contributed by atoms with Crippen molar-refractivity contribution < 1.29 is 19.4 Å². The van der Waals surface area contributed by atoms with Crippen molar-refractivity contribution in [2.24, 2.45) is 11.8 Å². The van der Waals surface area contributed by atoms with Crippen LogP contribution >= 0.6 is 0 Å². The fourth-order valence-electron chi connectivity index (χ4n) is 3.56. The molecule has 0 saturated carbocycles. The summed E-state index contributed by atoms with van der Waals surface area (Å²) in [5, 5.41) is 12.5. The Morgan fingerprint density at radius 2 is 2.00 bits per heavy atom. The van der Waals surface area contributed by atoms with Crippen LogP contribution in [0.2, 0.25) is 0 Å². The molecule has 146 valence electrons. The van der Waals surface area contributed by atoms with Gasteiger partial charge in [-0.2, -0.15) is 0 Å². The summed E-state index contributed by atoms with van der Waals surface area (Å²) in [7, 11) is 0. The van der Waals surface area contributed by atoms with Crippen molar-refractivity contribution in [3.63, 3.8) is 0 Å². The molecular formula is C19H36N2O4. The van der Waals surface area contributed by atoms with Crippen molar-refractivity contribution in [2.45, 2.75) is 78.5 Å². The molecule has 1 fully saturated rings. The maximum absolute atomic E-state index is 12.6. The maximum atomic E-state index is 12.6. The molecule has 0 radical (unpaired) electrons. The molecule has 0 aromatic rings. The molecule has 1 rings (SSSR count). The third-order valence-corrected chi connectivity index (χ3v) is 4.69. The van der Waals surface area contributed by atoms with Gasteiger partial charge in [0.05, 0.1) is 0 Å². The summed E-state index contributed by atoms with van der Waals surface area (Å²) in [5.41, 5.74) is -0.521. The van der Waals surface area contributed by atoms with Crippen LogP contribution in [0.3, 0.4) is 0 Å². The van der Waals surface area contributed by atoms with E-state index < -0.39 is 5.60 Å². The molecule has 1 aliphatic rings. The van der Waals surface area contributed by atoms with Gasteiger partial charge in [0.25, 0.3) is 0 Å². The lowest BCUT2D eigenvalue weighted by molar-refractivity contribution is -0.160. The molecule has 1 aliphatic heterocycles. The minimum Gasteiger partial charge on any atom is -0.459 e. The van der Waals surface area contributed by atoms with E-state index in [4.69, 9.17) is 4.74 Å². The number of aliphatic hydroxyl groups excluding tert-OH is 1. The van der Waals surface area contributed by atoms with Gasteiger partial charge in [-0.3, -0.25) is 14.5 Å². The first kappa shape index (κ1) is 21.9. The molecule has 0 aromatic heterocycles. The van der Waals surface area contributed by atoms with Crippen molar-refractivity contribution in [3.8, 4) is 0 Å². The zero-order chi connectivity index (χ0) is 19.2. The SMILES string of the molecule is CCC[C@@H](CN1CC(CO)CC1C(=O)OC(C)(C)C)C(C)NC(C)=O. The summed E-state index contributed by atoms with van der Waals surface area (Å²) < 4.78 is 5.58. The van der Waals surface area contributed by atoms with E-state index in [-0.39, 0.29) is 42.4 Å². The summed E-state index contributed by atoms with van der Waals surface area (Å²) in [5.74, 6) is 0.102. The average molecular weight is 357 g/mol. The fourth-order valence-corrected chi connectivity index (χ4v) is 3.56. The van der Waals surface area contributed by atoms with Crippen molar-refractivity contribution in [3.05, 3.63) is 0 Å². The van der Waals surface area contributed by atoms with Gasteiger partial charge in [0, 0.05) is 32.7 Å².